The van der Waals surface area contributed by atoms with Gasteiger partial charge < -0.3 is 14.2 Å². The molecule has 0 saturated heterocycles. The number of hydrogen-bond donors (Lipinski definition) is 0. The van der Waals surface area contributed by atoms with Gasteiger partial charge in [-0.1, -0.05) is 44.2 Å². The zero-order valence-electron chi connectivity index (χ0n) is 15.5. The Morgan fingerprint density at radius 3 is 2.50 bits per heavy atom. The molecule has 0 aliphatic carbocycles. The molecule has 7 nitrogen and oxygen atoms in total. The Morgan fingerprint density at radius 2 is 1.88 bits per heavy atom. The van der Waals surface area contributed by atoms with Crippen LogP contribution in [0.2, 0.25) is 0 Å². The number of aromatic nitrogens is 2. The van der Waals surface area contributed by atoms with E-state index in [4.69, 9.17) is 14.2 Å². The standard InChI is InChI=1S/C19H24N2O5/c1-5-21-16(18(22)26-19(23)25-11-13(2)3)17(14(4)20-21)24-12-15-9-7-6-8-10-15/h6-10,13H,5,11-12H2,1-4H3. The van der Waals surface area contributed by atoms with Crippen molar-refractivity contribution in [1.82, 2.24) is 9.78 Å². The molecule has 7 heteroatoms. The molecular formula is C19H24N2O5. The number of carbonyl (C=O) groups is 2. The predicted octanol–water partition coefficient (Wildman–Crippen LogP) is 3.74. The van der Waals surface area contributed by atoms with Crippen LogP contribution in [0.15, 0.2) is 30.3 Å². The van der Waals surface area contributed by atoms with E-state index < -0.39 is 12.1 Å². The summed E-state index contributed by atoms with van der Waals surface area (Å²) in [5.74, 6) is -0.396. The lowest BCUT2D eigenvalue weighted by atomic mass is 10.2. The monoisotopic (exact) mass is 360 g/mol. The van der Waals surface area contributed by atoms with E-state index in [-0.39, 0.29) is 24.8 Å². The van der Waals surface area contributed by atoms with Crippen molar-refractivity contribution in [2.45, 2.75) is 40.8 Å². The molecule has 0 N–H and O–H groups in total. The van der Waals surface area contributed by atoms with Gasteiger partial charge in [0.1, 0.15) is 12.3 Å². The first-order valence-corrected chi connectivity index (χ1v) is 8.55. The van der Waals surface area contributed by atoms with Gasteiger partial charge in [0.25, 0.3) is 0 Å². The Balaban J connectivity index is 2.15. The molecule has 2 rings (SSSR count). The third-order valence-corrected chi connectivity index (χ3v) is 3.50. The van der Waals surface area contributed by atoms with Crippen LogP contribution in [-0.4, -0.2) is 28.5 Å². The molecule has 0 aliphatic rings. The number of esters is 1. The summed E-state index contributed by atoms with van der Waals surface area (Å²) in [5, 5.41) is 4.28. The predicted molar refractivity (Wildman–Crippen MR) is 95.0 cm³/mol. The molecule has 1 aromatic carbocycles. The van der Waals surface area contributed by atoms with Crippen molar-refractivity contribution < 1.29 is 23.8 Å². The van der Waals surface area contributed by atoms with Gasteiger partial charge in [-0.05, 0) is 25.3 Å². The Labute approximate surface area is 152 Å². The molecule has 0 atom stereocenters. The number of aryl methyl sites for hydroxylation is 2. The SMILES string of the molecule is CCn1nc(C)c(OCc2ccccc2)c1C(=O)OC(=O)OCC(C)C. The fraction of sp³-hybridized carbons (Fsp3) is 0.421. The second kappa shape index (κ2) is 9.03. The van der Waals surface area contributed by atoms with E-state index in [0.717, 1.165) is 5.56 Å². The zero-order chi connectivity index (χ0) is 19.1. The van der Waals surface area contributed by atoms with E-state index in [1.807, 2.05) is 51.1 Å². The van der Waals surface area contributed by atoms with Crippen molar-refractivity contribution in [2.24, 2.45) is 5.92 Å². The first-order valence-electron chi connectivity index (χ1n) is 8.55. The summed E-state index contributed by atoms with van der Waals surface area (Å²) in [7, 11) is 0. The Morgan fingerprint density at radius 1 is 1.19 bits per heavy atom. The third-order valence-electron chi connectivity index (χ3n) is 3.50. The van der Waals surface area contributed by atoms with Crippen molar-refractivity contribution in [2.75, 3.05) is 6.61 Å². The summed E-state index contributed by atoms with van der Waals surface area (Å²) in [6.45, 7) is 8.23. The lowest BCUT2D eigenvalue weighted by Gasteiger charge is -2.10. The Kier molecular flexibility index (Phi) is 6.77. The molecule has 0 amide bonds. The topological polar surface area (TPSA) is 79.7 Å². The van der Waals surface area contributed by atoms with Gasteiger partial charge in [0.15, 0.2) is 11.4 Å². The lowest BCUT2D eigenvalue weighted by molar-refractivity contribution is 0.0337. The zero-order valence-corrected chi connectivity index (χ0v) is 15.5. The van der Waals surface area contributed by atoms with E-state index in [1.54, 1.807) is 6.92 Å². The maximum atomic E-state index is 12.5. The Bertz CT molecular complexity index is 753. The van der Waals surface area contributed by atoms with E-state index >= 15 is 0 Å². The van der Waals surface area contributed by atoms with Crippen LogP contribution in [-0.2, 0) is 22.6 Å². The van der Waals surface area contributed by atoms with E-state index in [1.165, 1.54) is 4.68 Å². The van der Waals surface area contributed by atoms with Gasteiger partial charge in [-0.2, -0.15) is 5.10 Å². The minimum absolute atomic E-state index is 0.0995. The van der Waals surface area contributed by atoms with Crippen molar-refractivity contribution in [3.05, 3.63) is 47.3 Å². The molecule has 0 spiro atoms. The largest absolute Gasteiger partial charge is 0.516 e. The number of benzene rings is 1. The highest BCUT2D eigenvalue weighted by molar-refractivity contribution is 5.96. The molecule has 0 fully saturated rings. The minimum atomic E-state index is -1.03. The maximum absolute atomic E-state index is 12.5. The molecule has 0 bridgehead atoms. The van der Waals surface area contributed by atoms with Gasteiger partial charge in [0, 0.05) is 6.54 Å². The fourth-order valence-electron chi connectivity index (χ4n) is 2.28. The highest BCUT2D eigenvalue weighted by Gasteiger charge is 2.26. The van der Waals surface area contributed by atoms with Gasteiger partial charge >= 0.3 is 12.1 Å². The summed E-state index contributed by atoms with van der Waals surface area (Å²) < 4.78 is 16.9. The lowest BCUT2D eigenvalue weighted by Crippen LogP contribution is -2.19. The molecule has 0 unspecified atom stereocenters. The van der Waals surface area contributed by atoms with Crippen LogP contribution in [0.3, 0.4) is 0 Å². The quantitative estimate of drug-likeness (QED) is 0.553. The van der Waals surface area contributed by atoms with Gasteiger partial charge in [-0.15, -0.1) is 0 Å². The fourth-order valence-corrected chi connectivity index (χ4v) is 2.28. The maximum Gasteiger partial charge on any atom is 0.516 e. The van der Waals surface area contributed by atoms with E-state index in [9.17, 15) is 9.59 Å². The third kappa shape index (κ3) is 5.08. The van der Waals surface area contributed by atoms with Crippen LogP contribution in [0.5, 0.6) is 5.75 Å². The molecule has 1 heterocycles. The van der Waals surface area contributed by atoms with Crippen molar-refractivity contribution >= 4 is 12.1 Å². The van der Waals surface area contributed by atoms with Crippen LogP contribution in [0.25, 0.3) is 0 Å². The summed E-state index contributed by atoms with van der Waals surface area (Å²) in [5.41, 5.74) is 1.60. The average molecular weight is 360 g/mol. The van der Waals surface area contributed by atoms with E-state index in [0.29, 0.717) is 18.0 Å². The van der Waals surface area contributed by atoms with Crippen LogP contribution < -0.4 is 4.74 Å². The molecule has 140 valence electrons. The molecular weight excluding hydrogens is 336 g/mol. The van der Waals surface area contributed by atoms with Gasteiger partial charge in [-0.25, -0.2) is 9.59 Å². The van der Waals surface area contributed by atoms with Crippen LogP contribution >= 0.6 is 0 Å². The highest BCUT2D eigenvalue weighted by atomic mass is 16.7. The number of hydrogen-bond acceptors (Lipinski definition) is 6. The van der Waals surface area contributed by atoms with Crippen molar-refractivity contribution in [3.63, 3.8) is 0 Å². The minimum Gasteiger partial charge on any atom is -0.484 e. The Hall–Kier alpha value is -2.83. The number of carbonyl (C=O) groups excluding carboxylic acids is 2. The normalized spacial score (nSPS) is 10.7. The highest BCUT2D eigenvalue weighted by Crippen LogP contribution is 2.25. The first kappa shape index (κ1) is 19.5. The summed E-state index contributed by atoms with van der Waals surface area (Å²) in [4.78, 5) is 24.2. The number of nitrogens with zero attached hydrogens (tertiary/aromatic N) is 2. The van der Waals surface area contributed by atoms with Crippen molar-refractivity contribution in [3.8, 4) is 5.75 Å². The summed E-state index contributed by atoms with van der Waals surface area (Å²) in [6, 6.07) is 9.55. The van der Waals surface area contributed by atoms with Crippen molar-refractivity contribution in [1.29, 1.82) is 0 Å². The molecule has 0 aliphatic heterocycles. The first-order chi connectivity index (χ1) is 12.4. The molecule has 2 aromatic rings. The van der Waals surface area contributed by atoms with Gasteiger partial charge in [0.05, 0.1) is 6.61 Å². The molecule has 0 saturated carbocycles. The van der Waals surface area contributed by atoms with E-state index in [2.05, 4.69) is 5.10 Å². The number of rotatable bonds is 7. The molecule has 1 aromatic heterocycles. The van der Waals surface area contributed by atoms with Crippen LogP contribution in [0.1, 0.15) is 42.5 Å². The van der Waals surface area contributed by atoms with Gasteiger partial charge in [0.2, 0.25) is 0 Å². The molecule has 26 heavy (non-hydrogen) atoms. The van der Waals surface area contributed by atoms with Crippen LogP contribution in [0, 0.1) is 12.8 Å². The average Bonchev–Trinajstić information content (AvgIpc) is 2.94. The summed E-state index contributed by atoms with van der Waals surface area (Å²) >= 11 is 0. The van der Waals surface area contributed by atoms with Crippen LogP contribution in [0.4, 0.5) is 4.79 Å². The number of ether oxygens (including phenoxy) is 3. The summed E-state index contributed by atoms with van der Waals surface area (Å²) in [6.07, 6.45) is -1.03. The smallest absolute Gasteiger partial charge is 0.484 e. The van der Waals surface area contributed by atoms with Gasteiger partial charge in [-0.3, -0.25) is 4.68 Å². The second-order valence-electron chi connectivity index (χ2n) is 6.20. The second-order valence-corrected chi connectivity index (χ2v) is 6.20. The molecule has 0 radical (unpaired) electrons.